The molecule has 1 atom stereocenters. The highest BCUT2D eigenvalue weighted by atomic mass is 35.5. The van der Waals surface area contributed by atoms with E-state index in [0.717, 1.165) is 31.0 Å². The standard InChI is InChI=1S/C15H22N2O3.ClH/c1-19-13-2-4-14(5-3-13)20-9-7-15(18)17-8-6-12(10-16)11-17;/h2-5,12H,6-11,16H2,1H3;1H. The maximum Gasteiger partial charge on any atom is 0.226 e. The molecule has 5 nitrogen and oxygen atoms in total. The van der Waals surface area contributed by atoms with E-state index in [0.29, 0.717) is 25.5 Å². The number of hydrogen-bond acceptors (Lipinski definition) is 4. The molecule has 0 aromatic heterocycles. The van der Waals surface area contributed by atoms with Crippen molar-refractivity contribution in [2.75, 3.05) is 33.4 Å². The summed E-state index contributed by atoms with van der Waals surface area (Å²) < 4.78 is 10.6. The van der Waals surface area contributed by atoms with E-state index in [2.05, 4.69) is 0 Å². The number of benzene rings is 1. The van der Waals surface area contributed by atoms with Gasteiger partial charge < -0.3 is 20.1 Å². The molecule has 118 valence electrons. The maximum atomic E-state index is 12.0. The lowest BCUT2D eigenvalue weighted by Gasteiger charge is -2.16. The molecule has 0 bridgehead atoms. The van der Waals surface area contributed by atoms with Crippen LogP contribution in [0.2, 0.25) is 0 Å². The minimum atomic E-state index is 0. The van der Waals surface area contributed by atoms with E-state index in [4.69, 9.17) is 15.2 Å². The summed E-state index contributed by atoms with van der Waals surface area (Å²) in [6.45, 7) is 2.67. The van der Waals surface area contributed by atoms with Crippen molar-refractivity contribution in [3.05, 3.63) is 24.3 Å². The fourth-order valence-electron chi connectivity index (χ4n) is 2.34. The van der Waals surface area contributed by atoms with Crippen LogP contribution in [-0.4, -0.2) is 44.2 Å². The normalized spacial score (nSPS) is 17.2. The van der Waals surface area contributed by atoms with Gasteiger partial charge in [0, 0.05) is 13.1 Å². The first-order valence-corrected chi connectivity index (χ1v) is 6.97. The van der Waals surface area contributed by atoms with Crippen molar-refractivity contribution in [1.82, 2.24) is 4.90 Å². The summed E-state index contributed by atoms with van der Waals surface area (Å²) in [6, 6.07) is 7.35. The number of halogens is 1. The van der Waals surface area contributed by atoms with Crippen LogP contribution in [-0.2, 0) is 4.79 Å². The molecule has 1 aromatic rings. The molecule has 2 N–H and O–H groups in total. The highest BCUT2D eigenvalue weighted by Crippen LogP contribution is 2.18. The van der Waals surface area contributed by atoms with Crippen molar-refractivity contribution in [1.29, 1.82) is 0 Å². The molecule has 0 spiro atoms. The lowest BCUT2D eigenvalue weighted by molar-refractivity contribution is -0.130. The van der Waals surface area contributed by atoms with Crippen molar-refractivity contribution < 1.29 is 14.3 Å². The SMILES string of the molecule is COc1ccc(OCCC(=O)N2CCC(CN)C2)cc1.Cl. The van der Waals surface area contributed by atoms with Crippen LogP contribution < -0.4 is 15.2 Å². The Kier molecular flexibility index (Phi) is 7.32. The number of nitrogens with zero attached hydrogens (tertiary/aromatic N) is 1. The lowest BCUT2D eigenvalue weighted by atomic mass is 10.1. The van der Waals surface area contributed by atoms with Crippen molar-refractivity contribution in [3.8, 4) is 11.5 Å². The van der Waals surface area contributed by atoms with Crippen molar-refractivity contribution in [2.24, 2.45) is 11.7 Å². The average Bonchev–Trinajstić information content (AvgIpc) is 2.97. The molecule has 1 heterocycles. The summed E-state index contributed by atoms with van der Waals surface area (Å²) >= 11 is 0. The van der Waals surface area contributed by atoms with Crippen LogP contribution in [0.5, 0.6) is 11.5 Å². The molecule has 0 radical (unpaired) electrons. The van der Waals surface area contributed by atoms with Gasteiger partial charge >= 0.3 is 0 Å². The summed E-state index contributed by atoms with van der Waals surface area (Å²) in [5.41, 5.74) is 5.62. The minimum Gasteiger partial charge on any atom is -0.497 e. The van der Waals surface area contributed by atoms with Gasteiger partial charge in [-0.2, -0.15) is 0 Å². The van der Waals surface area contributed by atoms with E-state index >= 15 is 0 Å². The summed E-state index contributed by atoms with van der Waals surface area (Å²) in [6.07, 6.45) is 1.42. The van der Waals surface area contributed by atoms with Gasteiger partial charge in [-0.1, -0.05) is 0 Å². The second-order valence-electron chi connectivity index (χ2n) is 5.00. The third-order valence-corrected chi connectivity index (χ3v) is 3.62. The van der Waals surface area contributed by atoms with E-state index in [1.165, 1.54) is 0 Å². The van der Waals surface area contributed by atoms with Crippen LogP contribution in [0.25, 0.3) is 0 Å². The molecule has 1 amide bonds. The summed E-state index contributed by atoms with van der Waals surface area (Å²) in [7, 11) is 1.62. The maximum absolute atomic E-state index is 12.0. The predicted molar refractivity (Wildman–Crippen MR) is 84.1 cm³/mol. The Morgan fingerprint density at radius 3 is 2.57 bits per heavy atom. The van der Waals surface area contributed by atoms with Gasteiger partial charge in [-0.15, -0.1) is 12.4 Å². The van der Waals surface area contributed by atoms with Crippen LogP contribution in [0.1, 0.15) is 12.8 Å². The number of methoxy groups -OCH3 is 1. The quantitative estimate of drug-likeness (QED) is 0.868. The van der Waals surface area contributed by atoms with E-state index in [9.17, 15) is 4.79 Å². The zero-order valence-corrected chi connectivity index (χ0v) is 13.1. The Morgan fingerprint density at radius 2 is 2.00 bits per heavy atom. The third-order valence-electron chi connectivity index (χ3n) is 3.62. The molecule has 1 aliphatic rings. The average molecular weight is 315 g/mol. The van der Waals surface area contributed by atoms with Gasteiger partial charge in [-0.05, 0) is 43.1 Å². The Balaban J connectivity index is 0.00000220. The van der Waals surface area contributed by atoms with Crippen LogP contribution in [0.4, 0.5) is 0 Å². The monoisotopic (exact) mass is 314 g/mol. The third kappa shape index (κ3) is 5.10. The first-order valence-electron chi connectivity index (χ1n) is 6.97. The number of nitrogens with two attached hydrogens (primary N) is 1. The molecule has 1 aromatic carbocycles. The lowest BCUT2D eigenvalue weighted by Crippen LogP contribution is -2.30. The van der Waals surface area contributed by atoms with E-state index in [1.807, 2.05) is 29.2 Å². The number of hydrogen-bond donors (Lipinski definition) is 1. The van der Waals surface area contributed by atoms with Gasteiger partial charge in [0.25, 0.3) is 0 Å². The highest BCUT2D eigenvalue weighted by Gasteiger charge is 2.24. The van der Waals surface area contributed by atoms with Crippen LogP contribution in [0.3, 0.4) is 0 Å². The molecule has 0 aliphatic carbocycles. The topological polar surface area (TPSA) is 64.8 Å². The van der Waals surface area contributed by atoms with E-state index in [-0.39, 0.29) is 18.3 Å². The molecule has 1 aliphatic heterocycles. The number of rotatable bonds is 6. The summed E-state index contributed by atoms with van der Waals surface area (Å²) in [4.78, 5) is 13.9. The van der Waals surface area contributed by atoms with Gasteiger partial charge in [-0.3, -0.25) is 4.79 Å². The Bertz CT molecular complexity index is 439. The van der Waals surface area contributed by atoms with Gasteiger partial charge in [0.15, 0.2) is 0 Å². The molecule has 21 heavy (non-hydrogen) atoms. The number of likely N-dealkylation sites (tertiary alicyclic amines) is 1. The Hall–Kier alpha value is -1.46. The van der Waals surface area contributed by atoms with Crippen molar-refractivity contribution >= 4 is 18.3 Å². The van der Waals surface area contributed by atoms with Crippen LogP contribution in [0.15, 0.2) is 24.3 Å². The fourth-order valence-corrected chi connectivity index (χ4v) is 2.34. The van der Waals surface area contributed by atoms with E-state index < -0.39 is 0 Å². The smallest absolute Gasteiger partial charge is 0.226 e. The number of carbonyl (C=O) groups excluding carboxylic acids is 1. The number of amides is 1. The zero-order valence-electron chi connectivity index (χ0n) is 12.3. The first-order chi connectivity index (χ1) is 9.72. The van der Waals surface area contributed by atoms with Crippen molar-refractivity contribution in [3.63, 3.8) is 0 Å². The predicted octanol–water partition coefficient (Wildman–Crippen LogP) is 1.69. The molecule has 0 saturated carbocycles. The zero-order chi connectivity index (χ0) is 14.4. The molecule has 2 rings (SSSR count). The molecule has 6 heteroatoms. The second kappa shape index (κ2) is 8.74. The molecular formula is C15H23ClN2O3. The molecule has 1 saturated heterocycles. The number of carbonyl (C=O) groups is 1. The van der Waals surface area contributed by atoms with E-state index in [1.54, 1.807) is 7.11 Å². The largest absolute Gasteiger partial charge is 0.497 e. The number of ether oxygens (including phenoxy) is 2. The van der Waals surface area contributed by atoms with Gasteiger partial charge in [0.2, 0.25) is 5.91 Å². The molecule has 1 unspecified atom stereocenters. The minimum absolute atomic E-state index is 0. The molecule has 1 fully saturated rings. The highest BCUT2D eigenvalue weighted by molar-refractivity contribution is 5.85. The van der Waals surface area contributed by atoms with Crippen LogP contribution >= 0.6 is 12.4 Å². The van der Waals surface area contributed by atoms with Gasteiger partial charge in [0.1, 0.15) is 11.5 Å². The Morgan fingerprint density at radius 1 is 1.33 bits per heavy atom. The van der Waals surface area contributed by atoms with Crippen molar-refractivity contribution in [2.45, 2.75) is 12.8 Å². The van der Waals surface area contributed by atoms with Crippen LogP contribution in [0, 0.1) is 5.92 Å². The first kappa shape index (κ1) is 17.6. The van der Waals surface area contributed by atoms with Gasteiger partial charge in [-0.25, -0.2) is 0 Å². The Labute approximate surface area is 131 Å². The summed E-state index contributed by atoms with van der Waals surface area (Å²) in [5.74, 6) is 2.15. The summed E-state index contributed by atoms with van der Waals surface area (Å²) in [5, 5.41) is 0. The second-order valence-corrected chi connectivity index (χ2v) is 5.00. The molecular weight excluding hydrogens is 292 g/mol. The fraction of sp³-hybridized carbons (Fsp3) is 0.533. The van der Waals surface area contributed by atoms with Gasteiger partial charge in [0.05, 0.1) is 20.1 Å².